The van der Waals surface area contributed by atoms with Crippen LogP contribution in [0.5, 0.6) is 0 Å². The van der Waals surface area contributed by atoms with Gasteiger partial charge in [0.2, 0.25) is 0 Å². The Bertz CT molecular complexity index is 293. The van der Waals surface area contributed by atoms with Crippen molar-refractivity contribution in [2.45, 2.75) is 52.5 Å². The highest BCUT2D eigenvalue weighted by molar-refractivity contribution is 5.26. The number of nitrogens with one attached hydrogen (secondary N) is 1. The van der Waals surface area contributed by atoms with Gasteiger partial charge in [0.15, 0.2) is 0 Å². The molecule has 1 aromatic rings. The zero-order valence-corrected chi connectivity index (χ0v) is 10.9. The Labute approximate surface area is 100 Å². The second-order valence-corrected chi connectivity index (χ2v) is 4.35. The van der Waals surface area contributed by atoms with Gasteiger partial charge in [-0.15, -0.1) is 0 Å². The van der Waals surface area contributed by atoms with Crippen LogP contribution >= 0.6 is 0 Å². The van der Waals surface area contributed by atoms with E-state index in [-0.39, 0.29) is 0 Å². The lowest BCUT2D eigenvalue weighted by Crippen LogP contribution is -2.20. The smallest absolute Gasteiger partial charge is 0.0320 e. The van der Waals surface area contributed by atoms with Gasteiger partial charge in [-0.25, -0.2) is 0 Å². The fourth-order valence-electron chi connectivity index (χ4n) is 2.07. The molecule has 0 fully saturated rings. The number of hydrogen-bond acceptors (Lipinski definition) is 1. The first-order valence-electron chi connectivity index (χ1n) is 6.64. The fourth-order valence-corrected chi connectivity index (χ4v) is 2.07. The van der Waals surface area contributed by atoms with Crippen molar-refractivity contribution in [1.29, 1.82) is 0 Å². The van der Waals surface area contributed by atoms with Gasteiger partial charge in [-0.2, -0.15) is 0 Å². The standard InChI is InChI=1S/C15H25N/c1-4-7-11-15(16-6-3)14-10-8-9-13(5-2)12-14/h8-10,12,15-16H,4-7,11H2,1-3H3. The largest absolute Gasteiger partial charge is 0.310 e. The van der Waals surface area contributed by atoms with Gasteiger partial charge in [0.1, 0.15) is 0 Å². The van der Waals surface area contributed by atoms with E-state index in [2.05, 4.69) is 50.4 Å². The zero-order valence-electron chi connectivity index (χ0n) is 10.9. The van der Waals surface area contributed by atoms with Crippen molar-refractivity contribution in [1.82, 2.24) is 5.32 Å². The summed E-state index contributed by atoms with van der Waals surface area (Å²) in [6.45, 7) is 7.70. The van der Waals surface area contributed by atoms with Crippen molar-refractivity contribution in [3.8, 4) is 0 Å². The van der Waals surface area contributed by atoms with Crippen LogP contribution in [0.4, 0.5) is 0 Å². The molecule has 0 saturated heterocycles. The molecule has 1 aromatic carbocycles. The van der Waals surface area contributed by atoms with E-state index in [0.29, 0.717) is 6.04 Å². The van der Waals surface area contributed by atoms with Crippen LogP contribution in [0.2, 0.25) is 0 Å². The molecule has 0 heterocycles. The number of aryl methyl sites for hydroxylation is 1. The van der Waals surface area contributed by atoms with Crippen LogP contribution in [0.15, 0.2) is 24.3 Å². The summed E-state index contributed by atoms with van der Waals surface area (Å²) in [5, 5.41) is 3.59. The van der Waals surface area contributed by atoms with Crippen LogP contribution in [0.3, 0.4) is 0 Å². The summed E-state index contributed by atoms with van der Waals surface area (Å²) in [7, 11) is 0. The van der Waals surface area contributed by atoms with Gasteiger partial charge in [-0.1, -0.05) is 57.9 Å². The van der Waals surface area contributed by atoms with E-state index in [1.54, 1.807) is 0 Å². The molecule has 0 amide bonds. The van der Waals surface area contributed by atoms with Crippen LogP contribution < -0.4 is 5.32 Å². The minimum absolute atomic E-state index is 0.538. The summed E-state index contributed by atoms with van der Waals surface area (Å²) >= 11 is 0. The molecular weight excluding hydrogens is 194 g/mol. The highest BCUT2D eigenvalue weighted by Crippen LogP contribution is 2.20. The van der Waals surface area contributed by atoms with E-state index in [0.717, 1.165) is 13.0 Å². The third kappa shape index (κ3) is 3.97. The molecule has 1 nitrogen and oxygen atoms in total. The number of rotatable bonds is 7. The molecule has 1 rings (SSSR count). The molecule has 0 aliphatic rings. The first-order valence-corrected chi connectivity index (χ1v) is 6.64. The summed E-state index contributed by atoms with van der Waals surface area (Å²) in [6.07, 6.45) is 4.95. The summed E-state index contributed by atoms with van der Waals surface area (Å²) in [4.78, 5) is 0. The Kier molecular flexibility index (Phi) is 6.17. The molecule has 0 saturated carbocycles. The van der Waals surface area contributed by atoms with E-state index < -0.39 is 0 Å². The Balaban J connectivity index is 2.73. The monoisotopic (exact) mass is 219 g/mol. The average Bonchev–Trinajstić information content (AvgIpc) is 2.34. The van der Waals surface area contributed by atoms with Gasteiger partial charge in [-0.05, 0) is 30.5 Å². The van der Waals surface area contributed by atoms with E-state index in [1.807, 2.05) is 0 Å². The van der Waals surface area contributed by atoms with Gasteiger partial charge >= 0.3 is 0 Å². The summed E-state index contributed by atoms with van der Waals surface area (Å²) in [6, 6.07) is 9.54. The maximum Gasteiger partial charge on any atom is 0.0320 e. The van der Waals surface area contributed by atoms with E-state index >= 15 is 0 Å². The Morgan fingerprint density at radius 1 is 1.19 bits per heavy atom. The van der Waals surface area contributed by atoms with Crippen LogP contribution in [-0.2, 0) is 6.42 Å². The molecule has 0 aromatic heterocycles. The summed E-state index contributed by atoms with van der Waals surface area (Å²) < 4.78 is 0. The molecule has 1 N–H and O–H groups in total. The zero-order chi connectivity index (χ0) is 11.8. The molecule has 0 aliphatic carbocycles. The van der Waals surface area contributed by atoms with E-state index in [9.17, 15) is 0 Å². The van der Waals surface area contributed by atoms with Gasteiger partial charge in [-0.3, -0.25) is 0 Å². The minimum Gasteiger partial charge on any atom is -0.310 e. The number of hydrogen-bond donors (Lipinski definition) is 1. The first-order chi connectivity index (χ1) is 7.81. The molecular formula is C15H25N. The van der Waals surface area contributed by atoms with Crippen molar-refractivity contribution >= 4 is 0 Å². The van der Waals surface area contributed by atoms with Crippen LogP contribution in [0.25, 0.3) is 0 Å². The predicted molar refractivity (Wildman–Crippen MR) is 71.8 cm³/mol. The van der Waals surface area contributed by atoms with Crippen molar-refractivity contribution in [2.24, 2.45) is 0 Å². The second-order valence-electron chi connectivity index (χ2n) is 4.35. The van der Waals surface area contributed by atoms with Gasteiger partial charge in [0, 0.05) is 6.04 Å². The fraction of sp³-hybridized carbons (Fsp3) is 0.600. The first kappa shape index (κ1) is 13.2. The van der Waals surface area contributed by atoms with Gasteiger partial charge < -0.3 is 5.32 Å². The topological polar surface area (TPSA) is 12.0 Å². The third-order valence-electron chi connectivity index (χ3n) is 3.06. The molecule has 0 radical (unpaired) electrons. The molecule has 0 aliphatic heterocycles. The van der Waals surface area contributed by atoms with Crippen molar-refractivity contribution in [3.05, 3.63) is 35.4 Å². The Hall–Kier alpha value is -0.820. The van der Waals surface area contributed by atoms with Crippen LogP contribution in [-0.4, -0.2) is 6.54 Å². The van der Waals surface area contributed by atoms with E-state index in [1.165, 1.54) is 30.4 Å². The SMILES string of the molecule is CCCCC(NCC)c1cccc(CC)c1. The van der Waals surface area contributed by atoms with Crippen molar-refractivity contribution < 1.29 is 0 Å². The lowest BCUT2D eigenvalue weighted by atomic mass is 9.98. The Morgan fingerprint density at radius 2 is 2.00 bits per heavy atom. The molecule has 16 heavy (non-hydrogen) atoms. The normalized spacial score (nSPS) is 12.7. The average molecular weight is 219 g/mol. The lowest BCUT2D eigenvalue weighted by molar-refractivity contribution is 0.494. The summed E-state index contributed by atoms with van der Waals surface area (Å²) in [5.74, 6) is 0. The predicted octanol–water partition coefficient (Wildman–Crippen LogP) is 4.09. The molecule has 1 unspecified atom stereocenters. The maximum absolute atomic E-state index is 3.59. The van der Waals surface area contributed by atoms with Crippen molar-refractivity contribution in [3.63, 3.8) is 0 Å². The minimum atomic E-state index is 0.538. The molecule has 1 atom stereocenters. The Morgan fingerprint density at radius 3 is 2.62 bits per heavy atom. The molecule has 1 heteroatoms. The maximum atomic E-state index is 3.59. The van der Waals surface area contributed by atoms with Crippen molar-refractivity contribution in [2.75, 3.05) is 6.54 Å². The summed E-state index contributed by atoms with van der Waals surface area (Å²) in [5.41, 5.74) is 2.89. The van der Waals surface area contributed by atoms with Crippen LogP contribution in [0.1, 0.15) is 57.2 Å². The highest BCUT2D eigenvalue weighted by Gasteiger charge is 2.09. The van der Waals surface area contributed by atoms with Crippen LogP contribution in [0, 0.1) is 0 Å². The quantitative estimate of drug-likeness (QED) is 0.728. The second kappa shape index (κ2) is 7.45. The highest BCUT2D eigenvalue weighted by atomic mass is 14.9. The third-order valence-corrected chi connectivity index (χ3v) is 3.06. The van der Waals surface area contributed by atoms with Gasteiger partial charge in [0.25, 0.3) is 0 Å². The van der Waals surface area contributed by atoms with E-state index in [4.69, 9.17) is 0 Å². The van der Waals surface area contributed by atoms with Gasteiger partial charge in [0.05, 0.1) is 0 Å². The number of benzene rings is 1. The number of unbranched alkanes of at least 4 members (excludes halogenated alkanes) is 1. The molecule has 90 valence electrons. The lowest BCUT2D eigenvalue weighted by Gasteiger charge is -2.18. The molecule has 0 spiro atoms. The molecule has 0 bridgehead atoms.